The number of hydrogen-bond donors (Lipinski definition) is 2. The summed E-state index contributed by atoms with van der Waals surface area (Å²) in [7, 11) is 6.02. The fourth-order valence-electron chi connectivity index (χ4n) is 1.85. The minimum absolute atomic E-state index is 0.267. The Balaban J connectivity index is 2.40. The maximum absolute atomic E-state index is 12.0. The summed E-state index contributed by atoms with van der Waals surface area (Å²) in [6.07, 6.45) is -0.435. The van der Waals surface area contributed by atoms with Crippen molar-refractivity contribution in [2.45, 2.75) is 6.29 Å². The van der Waals surface area contributed by atoms with E-state index < -0.39 is 17.5 Å². The highest BCUT2D eigenvalue weighted by molar-refractivity contribution is 5.72. The van der Waals surface area contributed by atoms with Gasteiger partial charge in [0.15, 0.2) is 17.5 Å². The van der Waals surface area contributed by atoms with E-state index in [0.717, 1.165) is 4.57 Å². The van der Waals surface area contributed by atoms with Crippen molar-refractivity contribution in [3.8, 4) is 0 Å². The highest BCUT2D eigenvalue weighted by Crippen LogP contribution is 2.08. The average Bonchev–Trinajstić information content (AvgIpc) is 2.88. The fraction of sp³-hybridized carbons (Fsp3) is 0.545. The van der Waals surface area contributed by atoms with Crippen LogP contribution in [0.1, 0.15) is 0 Å². The van der Waals surface area contributed by atoms with Gasteiger partial charge in [-0.15, -0.1) is 0 Å². The Labute approximate surface area is 114 Å². The first-order valence-corrected chi connectivity index (χ1v) is 5.94. The quantitative estimate of drug-likeness (QED) is 0.682. The average molecular weight is 283 g/mol. The molecule has 2 aromatic rings. The second kappa shape index (κ2) is 5.47. The first-order chi connectivity index (χ1) is 9.49. The Kier molecular flexibility index (Phi) is 3.91. The minimum atomic E-state index is -0.435. The van der Waals surface area contributed by atoms with Crippen molar-refractivity contribution in [1.29, 1.82) is 0 Å². The minimum Gasteiger partial charge on any atom is -0.354 e. The van der Waals surface area contributed by atoms with Crippen LogP contribution in [0.25, 0.3) is 11.2 Å². The molecule has 0 amide bonds. The molecule has 0 aliphatic heterocycles. The first-order valence-electron chi connectivity index (χ1n) is 5.94. The van der Waals surface area contributed by atoms with E-state index in [-0.39, 0.29) is 5.52 Å². The van der Waals surface area contributed by atoms with E-state index in [2.05, 4.69) is 15.3 Å². The summed E-state index contributed by atoms with van der Waals surface area (Å²) in [5.74, 6) is 0.373. The molecule has 2 rings (SSSR count). The molecule has 2 N–H and O–H groups in total. The number of aromatic nitrogens is 4. The van der Waals surface area contributed by atoms with E-state index >= 15 is 0 Å². The Hall–Kier alpha value is -2.13. The van der Waals surface area contributed by atoms with Crippen molar-refractivity contribution in [2.75, 3.05) is 26.1 Å². The molecule has 9 nitrogen and oxygen atoms in total. The summed E-state index contributed by atoms with van der Waals surface area (Å²) in [5.41, 5.74) is -0.277. The number of nitrogens with zero attached hydrogens (tertiary/aromatic N) is 3. The molecule has 0 saturated carbocycles. The number of aryl methyl sites for hydroxylation is 1. The van der Waals surface area contributed by atoms with Gasteiger partial charge in [0.1, 0.15) is 0 Å². The third-order valence-corrected chi connectivity index (χ3v) is 3.06. The largest absolute Gasteiger partial charge is 0.354 e. The van der Waals surface area contributed by atoms with Gasteiger partial charge in [-0.2, -0.15) is 4.98 Å². The third-order valence-electron chi connectivity index (χ3n) is 3.06. The molecule has 110 valence electrons. The van der Waals surface area contributed by atoms with E-state index in [1.54, 1.807) is 7.05 Å². The number of nitrogens with one attached hydrogen (secondary N) is 2. The number of methoxy groups -OCH3 is 2. The van der Waals surface area contributed by atoms with Crippen molar-refractivity contribution in [2.24, 2.45) is 14.1 Å². The van der Waals surface area contributed by atoms with Gasteiger partial charge in [0.2, 0.25) is 5.95 Å². The molecule has 0 aromatic carbocycles. The van der Waals surface area contributed by atoms with Gasteiger partial charge in [-0.25, -0.2) is 4.79 Å². The zero-order chi connectivity index (χ0) is 14.9. The van der Waals surface area contributed by atoms with Crippen LogP contribution in [0.2, 0.25) is 0 Å². The number of hydrogen-bond acceptors (Lipinski definition) is 6. The maximum Gasteiger partial charge on any atom is 0.332 e. The molecule has 0 atom stereocenters. The monoisotopic (exact) mass is 283 g/mol. The normalized spacial score (nSPS) is 11.4. The molecule has 20 heavy (non-hydrogen) atoms. The van der Waals surface area contributed by atoms with Crippen molar-refractivity contribution in [1.82, 2.24) is 19.1 Å². The predicted octanol–water partition coefficient (Wildman–Crippen LogP) is -1.01. The lowest BCUT2D eigenvalue weighted by atomic mass is 10.5. The zero-order valence-electron chi connectivity index (χ0n) is 11.8. The van der Waals surface area contributed by atoms with Crippen LogP contribution >= 0.6 is 0 Å². The molecule has 0 unspecified atom stereocenters. The molecular weight excluding hydrogens is 266 g/mol. The molecule has 2 aromatic heterocycles. The lowest BCUT2D eigenvalue weighted by Gasteiger charge is -2.12. The van der Waals surface area contributed by atoms with Gasteiger partial charge in [0.25, 0.3) is 5.56 Å². The first kappa shape index (κ1) is 14.3. The van der Waals surface area contributed by atoms with Crippen LogP contribution in [0, 0.1) is 0 Å². The highest BCUT2D eigenvalue weighted by Gasteiger charge is 2.14. The highest BCUT2D eigenvalue weighted by atomic mass is 16.7. The molecule has 2 heterocycles. The van der Waals surface area contributed by atoms with Crippen molar-refractivity contribution >= 4 is 17.1 Å². The number of imidazole rings is 1. The predicted molar refractivity (Wildman–Crippen MR) is 72.9 cm³/mol. The lowest BCUT2D eigenvalue weighted by Crippen LogP contribution is -2.36. The Morgan fingerprint density at radius 1 is 1.25 bits per heavy atom. The van der Waals surface area contributed by atoms with Crippen LogP contribution in [0.15, 0.2) is 9.59 Å². The number of fused-ring (bicyclic) bond motifs is 1. The summed E-state index contributed by atoms with van der Waals surface area (Å²) in [4.78, 5) is 30.8. The van der Waals surface area contributed by atoms with Crippen LogP contribution < -0.4 is 16.6 Å². The number of aromatic amines is 1. The molecule has 0 spiro atoms. The van der Waals surface area contributed by atoms with Gasteiger partial charge in [0, 0.05) is 28.3 Å². The Morgan fingerprint density at radius 3 is 2.50 bits per heavy atom. The second-order valence-corrected chi connectivity index (χ2v) is 4.27. The molecule has 9 heteroatoms. The SMILES string of the molecule is COC(CNc1nc2c([nH]1)c(=O)n(C)c(=O)n2C)OC. The van der Waals surface area contributed by atoms with Crippen LogP contribution in [0.4, 0.5) is 5.95 Å². The smallest absolute Gasteiger partial charge is 0.332 e. The molecule has 0 radical (unpaired) electrons. The fourth-order valence-corrected chi connectivity index (χ4v) is 1.85. The van der Waals surface area contributed by atoms with Crippen LogP contribution in [-0.4, -0.2) is 46.2 Å². The van der Waals surface area contributed by atoms with E-state index in [9.17, 15) is 9.59 Å². The standard InChI is InChI=1S/C11H17N5O4/c1-15-8-7(9(17)16(2)11(15)18)13-10(14-8)12-5-6(19-3)20-4/h6H,5H2,1-4H3,(H2,12,13,14). The maximum atomic E-state index is 12.0. The van der Waals surface area contributed by atoms with Crippen LogP contribution in [0.3, 0.4) is 0 Å². The van der Waals surface area contributed by atoms with E-state index in [0.29, 0.717) is 18.1 Å². The topological polar surface area (TPSA) is 103 Å². The molecule has 0 saturated heterocycles. The molecule has 0 bridgehead atoms. The van der Waals surface area contributed by atoms with Crippen molar-refractivity contribution < 1.29 is 9.47 Å². The van der Waals surface area contributed by atoms with Gasteiger partial charge in [-0.3, -0.25) is 13.9 Å². The number of ether oxygens (including phenoxy) is 2. The van der Waals surface area contributed by atoms with Gasteiger partial charge in [-0.1, -0.05) is 0 Å². The lowest BCUT2D eigenvalue weighted by molar-refractivity contribution is -0.0914. The van der Waals surface area contributed by atoms with Gasteiger partial charge in [-0.05, 0) is 0 Å². The summed E-state index contributed by atoms with van der Waals surface area (Å²) in [6, 6.07) is 0. The van der Waals surface area contributed by atoms with Crippen LogP contribution in [0.5, 0.6) is 0 Å². The summed E-state index contributed by atoms with van der Waals surface area (Å²) in [5, 5.41) is 2.95. The van der Waals surface area contributed by atoms with Gasteiger partial charge in [0.05, 0.1) is 6.54 Å². The van der Waals surface area contributed by atoms with Crippen LogP contribution in [-0.2, 0) is 23.6 Å². The molecule has 0 aliphatic rings. The number of H-pyrrole nitrogens is 1. The van der Waals surface area contributed by atoms with Crippen molar-refractivity contribution in [3.63, 3.8) is 0 Å². The molecular formula is C11H17N5O4. The summed E-state index contributed by atoms with van der Waals surface area (Å²) in [6.45, 7) is 0.348. The second-order valence-electron chi connectivity index (χ2n) is 4.27. The molecule has 0 fully saturated rings. The zero-order valence-corrected chi connectivity index (χ0v) is 11.8. The molecule has 0 aliphatic carbocycles. The van der Waals surface area contributed by atoms with Crippen molar-refractivity contribution in [3.05, 3.63) is 20.8 Å². The van der Waals surface area contributed by atoms with E-state index in [1.807, 2.05) is 0 Å². The Bertz CT molecular complexity index is 725. The van der Waals surface area contributed by atoms with Gasteiger partial charge >= 0.3 is 5.69 Å². The van der Waals surface area contributed by atoms with Gasteiger partial charge < -0.3 is 19.8 Å². The summed E-state index contributed by atoms with van der Waals surface area (Å²) < 4.78 is 12.4. The Morgan fingerprint density at radius 2 is 1.90 bits per heavy atom. The number of rotatable bonds is 5. The van der Waals surface area contributed by atoms with E-state index in [4.69, 9.17) is 9.47 Å². The van der Waals surface area contributed by atoms with E-state index in [1.165, 1.54) is 25.8 Å². The third kappa shape index (κ3) is 2.32. The number of anilines is 1. The summed E-state index contributed by atoms with van der Waals surface area (Å²) >= 11 is 0.